The summed E-state index contributed by atoms with van der Waals surface area (Å²) in [5, 5.41) is 11.7. The number of halogens is 4. The fourth-order valence-corrected chi connectivity index (χ4v) is 6.63. The number of carbonyl (C=O) groups is 1. The van der Waals surface area contributed by atoms with E-state index in [0.717, 1.165) is 51.4 Å². The van der Waals surface area contributed by atoms with Gasteiger partial charge in [0.15, 0.2) is 0 Å². The minimum Gasteiger partial charge on any atom is -0.481 e. The lowest BCUT2D eigenvalue weighted by molar-refractivity contribution is -0.0256. The number of β-amino-alcohol motifs (C(OH)–C–C–N with tert-alkyl or cyclic N) is 1. The number of nitrogens with one attached hydrogen (secondary N) is 1. The van der Waals surface area contributed by atoms with E-state index in [1.165, 1.54) is 33.3 Å². The summed E-state index contributed by atoms with van der Waals surface area (Å²) in [4.78, 5) is 44.5. The van der Waals surface area contributed by atoms with Crippen LogP contribution in [0.25, 0.3) is 22.4 Å². The highest BCUT2D eigenvalue weighted by atomic mass is 35.5. The molecule has 1 atom stereocenters. The molecule has 2 N–H and O–H groups in total. The molecule has 1 amide bonds. The van der Waals surface area contributed by atoms with Crippen LogP contribution >= 0.6 is 23.2 Å². The van der Waals surface area contributed by atoms with Gasteiger partial charge in [-0.25, -0.2) is 18.6 Å². The molecule has 0 saturated carbocycles. The molecule has 0 radical (unpaired) electrons. The molecule has 0 spiro atoms. The summed E-state index contributed by atoms with van der Waals surface area (Å²) in [7, 11) is 4.11. The Hall–Kier alpha value is -4.10. The van der Waals surface area contributed by atoms with E-state index in [1.54, 1.807) is 0 Å². The zero-order valence-electron chi connectivity index (χ0n) is 24.3. The van der Waals surface area contributed by atoms with Crippen molar-refractivity contribution in [2.24, 2.45) is 14.1 Å². The Kier molecular flexibility index (Phi) is 8.02. The molecule has 1 fully saturated rings. The summed E-state index contributed by atoms with van der Waals surface area (Å²) in [6.07, 6.45) is 2.26. The number of hydrogen-bond acceptors (Lipinski definition) is 7. The summed E-state index contributed by atoms with van der Waals surface area (Å²) >= 11 is 13.4. The summed E-state index contributed by atoms with van der Waals surface area (Å²) in [5.41, 5.74) is -0.122. The van der Waals surface area contributed by atoms with Gasteiger partial charge in [-0.3, -0.25) is 19.1 Å². The monoisotopic (exact) mass is 657 g/mol. The minimum absolute atomic E-state index is 0.0472. The molecular weight excluding hydrogens is 631 g/mol. The van der Waals surface area contributed by atoms with Gasteiger partial charge in [0, 0.05) is 61.7 Å². The third-order valence-electron chi connectivity index (χ3n) is 8.30. The predicted molar refractivity (Wildman–Crippen MR) is 165 cm³/mol. The fraction of sp³-hybridized carbons (Fsp3) is 0.290. The molecule has 0 bridgehead atoms. The highest BCUT2D eigenvalue weighted by Crippen LogP contribution is 2.47. The highest BCUT2D eigenvalue weighted by Gasteiger charge is 2.38. The lowest BCUT2D eigenvalue weighted by Gasteiger charge is -2.40. The second-order valence-electron chi connectivity index (χ2n) is 11.1. The van der Waals surface area contributed by atoms with E-state index >= 15 is 8.78 Å². The molecule has 2 aromatic heterocycles. The van der Waals surface area contributed by atoms with Crippen molar-refractivity contribution in [3.05, 3.63) is 95.7 Å². The molecule has 1 saturated heterocycles. The Balaban J connectivity index is 1.40. The van der Waals surface area contributed by atoms with Crippen molar-refractivity contribution >= 4 is 34.8 Å². The number of aromatic nitrogens is 3. The Morgan fingerprint density at radius 1 is 1.07 bits per heavy atom. The molecule has 2 aromatic carbocycles. The molecular formula is C31H27Cl2F2N5O5. The van der Waals surface area contributed by atoms with Crippen molar-refractivity contribution in [1.29, 1.82) is 0 Å². The predicted octanol–water partition coefficient (Wildman–Crippen LogP) is 4.32. The quantitative estimate of drug-likeness (QED) is 0.317. The Morgan fingerprint density at radius 3 is 2.40 bits per heavy atom. The molecule has 45 heavy (non-hydrogen) atoms. The average Bonchev–Trinajstić information content (AvgIpc) is 3.42. The number of carbonyl (C=O) groups excluding carboxylic acids is 1. The van der Waals surface area contributed by atoms with Crippen LogP contribution < -0.4 is 21.3 Å². The van der Waals surface area contributed by atoms with Crippen LogP contribution in [-0.4, -0.2) is 56.3 Å². The van der Waals surface area contributed by atoms with Crippen LogP contribution in [0.3, 0.4) is 0 Å². The second-order valence-corrected chi connectivity index (χ2v) is 11.8. The van der Waals surface area contributed by atoms with Crippen LogP contribution in [0.2, 0.25) is 10.0 Å². The topological polar surface area (TPSA) is 119 Å². The van der Waals surface area contributed by atoms with Crippen LogP contribution in [0.15, 0.2) is 46.1 Å². The molecule has 10 nitrogen and oxygen atoms in total. The maximum atomic E-state index is 15.5. The van der Waals surface area contributed by atoms with Gasteiger partial charge < -0.3 is 19.7 Å². The van der Waals surface area contributed by atoms with Gasteiger partial charge in [0.25, 0.3) is 11.5 Å². The van der Waals surface area contributed by atoms with Gasteiger partial charge in [-0.2, -0.15) is 0 Å². The number of benzene rings is 2. The smallest absolute Gasteiger partial charge is 0.330 e. The van der Waals surface area contributed by atoms with Crippen LogP contribution in [0.1, 0.15) is 33.9 Å². The number of aliphatic hydroxyl groups excluding tert-OH is 1. The van der Waals surface area contributed by atoms with Crippen LogP contribution in [-0.2, 0) is 20.5 Å². The van der Waals surface area contributed by atoms with Gasteiger partial charge in [0.2, 0.25) is 5.88 Å². The number of likely N-dealkylation sites (tertiary alicyclic amines) is 1. The number of hydrogen-bond donors (Lipinski definition) is 2. The summed E-state index contributed by atoms with van der Waals surface area (Å²) in [6, 6.07) is 6.60. The number of methoxy groups -OCH3 is 1. The first-order valence-corrected chi connectivity index (χ1v) is 14.7. The van der Waals surface area contributed by atoms with E-state index in [9.17, 15) is 19.5 Å². The largest absolute Gasteiger partial charge is 0.481 e. The molecule has 14 heteroatoms. The van der Waals surface area contributed by atoms with E-state index in [2.05, 4.69) is 15.2 Å². The lowest BCUT2D eigenvalue weighted by Crippen LogP contribution is -2.51. The summed E-state index contributed by atoms with van der Waals surface area (Å²) in [6.45, 7) is 1.13. The molecule has 6 rings (SSSR count). The minimum atomic E-state index is -0.911. The normalized spacial score (nSPS) is 16.4. The third-order valence-corrected chi connectivity index (χ3v) is 9.09. The maximum Gasteiger partial charge on any atom is 0.330 e. The van der Waals surface area contributed by atoms with Crippen molar-refractivity contribution < 1.29 is 23.4 Å². The first kappa shape index (κ1) is 30.9. The molecule has 2 aliphatic rings. The highest BCUT2D eigenvalue weighted by molar-refractivity contribution is 6.39. The van der Waals surface area contributed by atoms with Crippen LogP contribution in [0, 0.1) is 11.6 Å². The molecule has 4 aromatic rings. The van der Waals surface area contributed by atoms with Crippen molar-refractivity contribution in [1.82, 2.24) is 19.0 Å². The Labute approximate surface area is 265 Å². The number of pyridine rings is 1. The fourth-order valence-electron chi connectivity index (χ4n) is 5.99. The zero-order chi connectivity index (χ0) is 32.3. The number of amides is 1. The molecule has 234 valence electrons. The van der Waals surface area contributed by atoms with Gasteiger partial charge in [-0.1, -0.05) is 23.2 Å². The van der Waals surface area contributed by atoms with Crippen molar-refractivity contribution in [2.45, 2.75) is 25.0 Å². The Morgan fingerprint density at radius 2 is 1.73 bits per heavy atom. The number of ether oxygens (including phenoxy) is 1. The van der Waals surface area contributed by atoms with E-state index in [4.69, 9.17) is 27.9 Å². The SMILES string of the molecule is COc1nc(-c2ccc(F)c(-c3c(F)ccc(NC(=O)c4cn(C)c(=O)n(C)c4=O)c3Cl)c2Cl)cc2c1C(N1CC(O)C1)CC2. The molecule has 1 aliphatic heterocycles. The lowest BCUT2D eigenvalue weighted by atomic mass is 9.97. The molecule has 3 heterocycles. The van der Waals surface area contributed by atoms with Gasteiger partial charge in [0.1, 0.15) is 17.2 Å². The molecule has 1 unspecified atom stereocenters. The van der Waals surface area contributed by atoms with Crippen molar-refractivity contribution in [3.63, 3.8) is 0 Å². The number of nitrogens with zero attached hydrogens (tertiary/aromatic N) is 4. The van der Waals surface area contributed by atoms with E-state index in [1.807, 2.05) is 6.07 Å². The first-order valence-electron chi connectivity index (χ1n) is 14.0. The third kappa shape index (κ3) is 5.21. The number of aliphatic hydroxyl groups is 1. The van der Waals surface area contributed by atoms with Crippen molar-refractivity contribution in [3.8, 4) is 28.3 Å². The van der Waals surface area contributed by atoms with Crippen LogP contribution in [0.4, 0.5) is 14.5 Å². The van der Waals surface area contributed by atoms with Gasteiger partial charge in [-0.05, 0) is 48.7 Å². The van der Waals surface area contributed by atoms with Gasteiger partial charge in [0.05, 0.1) is 34.6 Å². The molecule has 1 aliphatic carbocycles. The van der Waals surface area contributed by atoms with E-state index in [-0.39, 0.29) is 39.0 Å². The zero-order valence-corrected chi connectivity index (χ0v) is 25.8. The van der Waals surface area contributed by atoms with Gasteiger partial charge in [-0.15, -0.1) is 0 Å². The second kappa shape index (κ2) is 11.7. The maximum absolute atomic E-state index is 15.5. The van der Waals surface area contributed by atoms with Crippen LogP contribution in [0.5, 0.6) is 5.88 Å². The first-order chi connectivity index (χ1) is 21.4. The summed E-state index contributed by atoms with van der Waals surface area (Å²) in [5.74, 6) is -2.31. The number of fused-ring (bicyclic) bond motifs is 1. The van der Waals surface area contributed by atoms with E-state index < -0.39 is 34.4 Å². The van der Waals surface area contributed by atoms with Crippen molar-refractivity contribution in [2.75, 3.05) is 25.5 Å². The standard InChI is InChI=1S/C31H27Cl2F2N5O5/c1-38-13-17(30(43)39(2)31(38)44)28(42)36-20-8-7-19(35)25(27(20)33)24-18(34)6-5-16(26(24)32)21-10-14-4-9-22(40-11-15(41)12-40)23(14)29(37-21)45-3/h5-8,10,13,15,22,41H,4,9,11-12H2,1-3H3,(H,36,42). The number of anilines is 1. The number of rotatable bonds is 6. The average molecular weight is 658 g/mol. The van der Waals surface area contributed by atoms with E-state index in [0.29, 0.717) is 30.2 Å². The Bertz CT molecular complexity index is 2010. The summed E-state index contributed by atoms with van der Waals surface area (Å²) < 4.78 is 38.3. The number of aryl methyl sites for hydroxylation is 2. The van der Waals surface area contributed by atoms with Gasteiger partial charge >= 0.3 is 5.69 Å².